The van der Waals surface area contributed by atoms with Crippen molar-refractivity contribution >= 4 is 35.3 Å². The van der Waals surface area contributed by atoms with Gasteiger partial charge < -0.3 is 9.32 Å². The highest BCUT2D eigenvalue weighted by Gasteiger charge is 2.32. The molecule has 0 N–H and O–H groups in total. The van der Waals surface area contributed by atoms with Crippen LogP contribution in [0.25, 0.3) is 6.08 Å². The summed E-state index contributed by atoms with van der Waals surface area (Å²) in [6, 6.07) is 15.3. The number of fused-ring (bicyclic) bond motifs is 1. The molecule has 0 saturated heterocycles. The van der Waals surface area contributed by atoms with Gasteiger partial charge in [0.2, 0.25) is 5.91 Å². The minimum Gasteiger partial charge on any atom is -0.467 e. The number of thioether (sulfide) groups is 1. The molecule has 0 fully saturated rings. The highest BCUT2D eigenvalue weighted by atomic mass is 32.2. The van der Waals surface area contributed by atoms with E-state index in [0.29, 0.717) is 21.9 Å². The van der Waals surface area contributed by atoms with Crippen LogP contribution in [0.2, 0.25) is 0 Å². The van der Waals surface area contributed by atoms with Gasteiger partial charge in [-0.2, -0.15) is 13.2 Å². The van der Waals surface area contributed by atoms with E-state index in [1.54, 1.807) is 31.3 Å². The van der Waals surface area contributed by atoms with Crippen LogP contribution in [-0.4, -0.2) is 30.3 Å². The zero-order chi connectivity index (χ0) is 23.6. The van der Waals surface area contributed by atoms with Crippen molar-refractivity contribution in [1.29, 1.82) is 0 Å². The molecule has 1 aliphatic rings. The van der Waals surface area contributed by atoms with Crippen LogP contribution in [0.15, 0.2) is 81.1 Å². The van der Waals surface area contributed by atoms with Crippen molar-refractivity contribution in [3.8, 4) is 0 Å². The maximum Gasteiger partial charge on any atom is 0.416 e. The fourth-order valence-corrected chi connectivity index (χ4v) is 4.38. The van der Waals surface area contributed by atoms with Crippen LogP contribution in [-0.2, 0) is 22.3 Å². The van der Waals surface area contributed by atoms with Crippen LogP contribution in [0.3, 0.4) is 0 Å². The molecule has 2 aromatic carbocycles. The minimum absolute atomic E-state index is 0.183. The molecule has 0 atom stereocenters. The Labute approximate surface area is 192 Å². The number of hydrogen-bond donors (Lipinski definition) is 0. The molecule has 3 aromatic rings. The summed E-state index contributed by atoms with van der Waals surface area (Å²) in [7, 11) is 1.62. The number of alkyl halides is 3. The number of carbonyl (C=O) groups excluding carboxylic acids is 2. The van der Waals surface area contributed by atoms with E-state index in [1.807, 2.05) is 12.1 Å². The Bertz CT molecular complexity index is 1190. The molecule has 2 heterocycles. The minimum atomic E-state index is -4.43. The number of halogens is 3. The zero-order valence-electron chi connectivity index (χ0n) is 17.5. The lowest BCUT2D eigenvalue weighted by Gasteiger charge is -2.31. The van der Waals surface area contributed by atoms with Crippen molar-refractivity contribution in [2.24, 2.45) is 0 Å². The highest BCUT2D eigenvalue weighted by molar-refractivity contribution is 8.04. The van der Waals surface area contributed by atoms with Crippen molar-refractivity contribution in [1.82, 2.24) is 4.90 Å². The molecule has 0 bridgehead atoms. The molecule has 170 valence electrons. The Morgan fingerprint density at radius 3 is 2.48 bits per heavy atom. The summed E-state index contributed by atoms with van der Waals surface area (Å²) in [5, 5.41) is 0. The molecule has 0 aliphatic carbocycles. The van der Waals surface area contributed by atoms with Gasteiger partial charge in [0.05, 0.1) is 29.0 Å². The fraction of sp³-hybridized carbons (Fsp3) is 0.167. The van der Waals surface area contributed by atoms with Crippen LogP contribution in [0.4, 0.5) is 18.9 Å². The molecule has 2 amide bonds. The fourth-order valence-electron chi connectivity index (χ4n) is 3.32. The van der Waals surface area contributed by atoms with Crippen molar-refractivity contribution < 1.29 is 27.2 Å². The number of furan rings is 1. The average molecular weight is 472 g/mol. The molecule has 0 radical (unpaired) electrons. The second kappa shape index (κ2) is 9.19. The lowest BCUT2D eigenvalue weighted by atomic mass is 10.1. The monoisotopic (exact) mass is 472 g/mol. The smallest absolute Gasteiger partial charge is 0.416 e. The van der Waals surface area contributed by atoms with Gasteiger partial charge in [0.25, 0.3) is 5.91 Å². The summed E-state index contributed by atoms with van der Waals surface area (Å²) in [5.74, 6) is -0.0525. The number of nitrogens with zero attached hydrogens (tertiary/aromatic N) is 2. The largest absolute Gasteiger partial charge is 0.467 e. The Hall–Kier alpha value is -3.46. The summed E-state index contributed by atoms with van der Waals surface area (Å²) in [6.07, 6.45) is -1.38. The average Bonchev–Trinajstić information content (AvgIpc) is 3.29. The van der Waals surface area contributed by atoms with Gasteiger partial charge in [-0.3, -0.25) is 14.5 Å². The predicted molar refractivity (Wildman–Crippen MR) is 119 cm³/mol. The number of anilines is 1. The Balaban J connectivity index is 1.58. The normalized spacial score (nSPS) is 15.0. The molecule has 0 spiro atoms. The molecule has 0 saturated carbocycles. The SMILES string of the molecule is CN(Cc1ccco1)C(=O)CN1C(=O)/C(=C/c2ccc(C(F)(F)F)cc2)Sc2ccccc21. The van der Waals surface area contributed by atoms with E-state index >= 15 is 0 Å². The molecular weight excluding hydrogens is 453 g/mol. The van der Waals surface area contributed by atoms with Gasteiger partial charge in [0.15, 0.2) is 0 Å². The van der Waals surface area contributed by atoms with E-state index in [2.05, 4.69) is 0 Å². The summed E-state index contributed by atoms with van der Waals surface area (Å²) < 4.78 is 43.8. The first-order chi connectivity index (χ1) is 15.7. The third-order valence-electron chi connectivity index (χ3n) is 5.06. The predicted octanol–water partition coefficient (Wildman–Crippen LogP) is 5.44. The van der Waals surface area contributed by atoms with Crippen molar-refractivity contribution in [3.05, 3.63) is 88.7 Å². The molecule has 9 heteroatoms. The lowest BCUT2D eigenvalue weighted by molar-refractivity contribution is -0.137. The van der Waals surface area contributed by atoms with Crippen LogP contribution < -0.4 is 4.90 Å². The van der Waals surface area contributed by atoms with Gasteiger partial charge in [0.1, 0.15) is 12.3 Å². The Morgan fingerprint density at radius 1 is 1.09 bits per heavy atom. The summed E-state index contributed by atoms with van der Waals surface area (Å²) >= 11 is 1.22. The molecule has 1 aliphatic heterocycles. The number of rotatable bonds is 5. The Morgan fingerprint density at radius 2 is 1.82 bits per heavy atom. The van der Waals surface area contributed by atoms with Crippen LogP contribution >= 0.6 is 11.8 Å². The summed E-state index contributed by atoms with van der Waals surface area (Å²) in [6.45, 7) is 0.0798. The van der Waals surface area contributed by atoms with Crippen LogP contribution in [0.5, 0.6) is 0 Å². The number of amides is 2. The quantitative estimate of drug-likeness (QED) is 0.465. The van der Waals surface area contributed by atoms with E-state index in [1.165, 1.54) is 46.0 Å². The van der Waals surface area contributed by atoms with Crippen LogP contribution in [0, 0.1) is 0 Å². The molecule has 4 rings (SSSR count). The van der Waals surface area contributed by atoms with Gasteiger partial charge in [0, 0.05) is 11.9 Å². The first kappa shape index (κ1) is 22.7. The molecule has 5 nitrogen and oxygen atoms in total. The van der Waals surface area contributed by atoms with E-state index in [4.69, 9.17) is 4.42 Å². The van der Waals surface area contributed by atoms with E-state index in [0.717, 1.165) is 17.0 Å². The number of carbonyl (C=O) groups is 2. The standard InChI is InChI=1S/C24H19F3N2O3S/c1-28(14-18-5-4-12-32-18)22(30)15-29-19-6-2-3-7-20(19)33-21(23(29)31)13-16-8-10-17(11-9-16)24(25,26)27/h2-13H,14-15H2,1H3/b21-13-. The van der Waals surface area contributed by atoms with Crippen molar-refractivity contribution in [3.63, 3.8) is 0 Å². The number of hydrogen-bond acceptors (Lipinski definition) is 4. The maximum atomic E-state index is 13.3. The molecule has 33 heavy (non-hydrogen) atoms. The first-order valence-corrected chi connectivity index (χ1v) is 10.8. The first-order valence-electron chi connectivity index (χ1n) is 9.96. The van der Waals surface area contributed by atoms with Gasteiger partial charge in [-0.15, -0.1) is 0 Å². The number of likely N-dealkylation sites (N-methyl/N-ethyl adjacent to an activating group) is 1. The lowest BCUT2D eigenvalue weighted by Crippen LogP contribution is -2.43. The second-order valence-corrected chi connectivity index (χ2v) is 8.50. The van der Waals surface area contributed by atoms with Gasteiger partial charge in [-0.25, -0.2) is 0 Å². The third kappa shape index (κ3) is 5.14. The third-order valence-corrected chi connectivity index (χ3v) is 6.14. The molecule has 1 aromatic heterocycles. The highest BCUT2D eigenvalue weighted by Crippen LogP contribution is 2.42. The van der Waals surface area contributed by atoms with Crippen LogP contribution in [0.1, 0.15) is 16.9 Å². The number of benzene rings is 2. The van der Waals surface area contributed by atoms with E-state index in [9.17, 15) is 22.8 Å². The Kier molecular flexibility index (Phi) is 6.33. The van der Waals surface area contributed by atoms with Gasteiger partial charge in [-0.1, -0.05) is 36.0 Å². The van der Waals surface area contributed by atoms with Gasteiger partial charge in [-0.05, 0) is 48.0 Å². The second-order valence-electron chi connectivity index (χ2n) is 7.42. The van der Waals surface area contributed by atoms with Gasteiger partial charge >= 0.3 is 6.18 Å². The summed E-state index contributed by atoms with van der Waals surface area (Å²) in [4.78, 5) is 30.1. The van der Waals surface area contributed by atoms with E-state index in [-0.39, 0.29) is 19.0 Å². The summed E-state index contributed by atoms with van der Waals surface area (Å²) in [5.41, 5.74) is 0.306. The molecule has 0 unspecified atom stereocenters. The van der Waals surface area contributed by atoms with Crippen molar-refractivity contribution in [2.75, 3.05) is 18.5 Å². The van der Waals surface area contributed by atoms with E-state index < -0.39 is 17.6 Å². The zero-order valence-corrected chi connectivity index (χ0v) is 18.3. The van der Waals surface area contributed by atoms with Crippen molar-refractivity contribution in [2.45, 2.75) is 17.6 Å². The number of para-hydroxylation sites is 1. The topological polar surface area (TPSA) is 53.8 Å². The maximum absolute atomic E-state index is 13.3. The molecular formula is C24H19F3N2O3S.